The lowest BCUT2D eigenvalue weighted by molar-refractivity contribution is 0.0581. The molecule has 3 N–H and O–H groups in total. The number of ether oxygens (including phenoxy) is 1. The van der Waals surface area contributed by atoms with E-state index in [0.29, 0.717) is 49.0 Å². The lowest BCUT2D eigenvalue weighted by atomic mass is 9.90. The van der Waals surface area contributed by atoms with E-state index in [1.165, 1.54) is 10.7 Å². The van der Waals surface area contributed by atoms with Crippen molar-refractivity contribution in [1.82, 2.24) is 24.5 Å². The number of nitrogens with zero attached hydrogens (tertiary/aromatic N) is 4. The third kappa shape index (κ3) is 4.04. The van der Waals surface area contributed by atoms with Gasteiger partial charge in [-0.2, -0.15) is 9.61 Å². The van der Waals surface area contributed by atoms with Gasteiger partial charge >= 0.3 is 0 Å². The van der Waals surface area contributed by atoms with E-state index in [-0.39, 0.29) is 17.2 Å². The van der Waals surface area contributed by atoms with Gasteiger partial charge in [-0.25, -0.2) is 9.37 Å². The summed E-state index contributed by atoms with van der Waals surface area (Å²) in [6, 6.07) is 4.71. The van der Waals surface area contributed by atoms with Gasteiger partial charge in [-0.15, -0.1) is 0 Å². The average molecular weight is 455 g/mol. The fraction of sp³-hybridized carbons (Fsp3) is 0.455. The van der Waals surface area contributed by atoms with Crippen LogP contribution in [0.2, 0.25) is 0 Å². The summed E-state index contributed by atoms with van der Waals surface area (Å²) in [5, 5.41) is 13.1. The first-order valence-corrected chi connectivity index (χ1v) is 11.1. The van der Waals surface area contributed by atoms with E-state index in [4.69, 9.17) is 4.74 Å². The molecule has 0 radical (unpaired) electrons. The number of anilines is 3. The molecule has 10 nitrogen and oxygen atoms in total. The summed E-state index contributed by atoms with van der Waals surface area (Å²) in [4.78, 5) is 30.4. The zero-order chi connectivity index (χ0) is 22.9. The van der Waals surface area contributed by atoms with Gasteiger partial charge in [0.15, 0.2) is 5.65 Å². The highest BCUT2D eigenvalue weighted by atomic mass is 19.1. The monoisotopic (exact) mass is 455 g/mol. The number of rotatable bonds is 6. The molecule has 0 spiro atoms. The minimum atomic E-state index is -1.02. The number of carbonyl (C=O) groups excluding carboxylic acids is 1. The molecule has 2 aliphatic rings. The molecule has 0 aromatic carbocycles. The molecule has 1 aliphatic carbocycles. The Balaban J connectivity index is 1.46. The molecule has 11 heteroatoms. The normalized spacial score (nSPS) is 22.5. The number of carbonyl (C=O) groups is 1. The molecule has 5 rings (SSSR count). The molecule has 1 unspecified atom stereocenters. The number of hydrogen-bond donors (Lipinski definition) is 3. The van der Waals surface area contributed by atoms with E-state index in [1.54, 1.807) is 36.0 Å². The SMILES string of the molecule is CNc1cc(Nc2cccn([C@H]3CCCOC3)c2=O)nc2c(C(=O)NC3CC[C@@H]3F)cnn12. The van der Waals surface area contributed by atoms with Crippen LogP contribution in [0.5, 0.6) is 0 Å². The van der Waals surface area contributed by atoms with E-state index in [9.17, 15) is 14.0 Å². The van der Waals surface area contributed by atoms with Crippen LogP contribution in [0.3, 0.4) is 0 Å². The predicted octanol–water partition coefficient (Wildman–Crippen LogP) is 2.26. The highest BCUT2D eigenvalue weighted by molar-refractivity contribution is 6.00. The van der Waals surface area contributed by atoms with Crippen molar-refractivity contribution < 1.29 is 13.9 Å². The number of pyridine rings is 1. The van der Waals surface area contributed by atoms with Crippen LogP contribution in [0.25, 0.3) is 5.65 Å². The van der Waals surface area contributed by atoms with Crippen molar-refractivity contribution in [2.45, 2.75) is 43.9 Å². The number of nitrogens with one attached hydrogen (secondary N) is 3. The first-order chi connectivity index (χ1) is 16.0. The zero-order valence-corrected chi connectivity index (χ0v) is 18.3. The highest BCUT2D eigenvalue weighted by Crippen LogP contribution is 2.25. The second-order valence-corrected chi connectivity index (χ2v) is 8.37. The van der Waals surface area contributed by atoms with E-state index >= 15 is 0 Å². The van der Waals surface area contributed by atoms with Gasteiger partial charge in [-0.05, 0) is 37.8 Å². The quantitative estimate of drug-likeness (QED) is 0.522. The molecular formula is C22H26FN7O3. The van der Waals surface area contributed by atoms with Gasteiger partial charge in [0, 0.05) is 25.9 Å². The summed E-state index contributed by atoms with van der Waals surface area (Å²) in [6.45, 7) is 1.22. The van der Waals surface area contributed by atoms with Crippen LogP contribution in [-0.4, -0.2) is 57.5 Å². The maximum Gasteiger partial charge on any atom is 0.274 e. The van der Waals surface area contributed by atoms with Crippen molar-refractivity contribution >= 4 is 28.9 Å². The van der Waals surface area contributed by atoms with Gasteiger partial charge in [-0.3, -0.25) is 9.59 Å². The predicted molar refractivity (Wildman–Crippen MR) is 121 cm³/mol. The number of halogens is 1. The number of fused-ring (bicyclic) bond motifs is 1. The third-order valence-electron chi connectivity index (χ3n) is 6.25. The van der Waals surface area contributed by atoms with Gasteiger partial charge in [0.05, 0.1) is 24.9 Å². The Hall–Kier alpha value is -3.47. The molecule has 2 fully saturated rings. The standard InChI is InChI=1S/C22H26FN7O3/c1-24-19-10-18(26-17-5-2-8-29(22(17)32)13-4-3-9-33-12-13)28-20-14(11-25-30(19)20)21(31)27-16-7-6-15(16)23/h2,5,8,10-11,13,15-16,24H,3-4,6-7,9,12H2,1H3,(H,26,28)(H,27,31)/t13-,15-,16?/m0/s1. The molecular weight excluding hydrogens is 429 g/mol. The second-order valence-electron chi connectivity index (χ2n) is 8.37. The molecule has 1 aliphatic heterocycles. The molecule has 33 heavy (non-hydrogen) atoms. The third-order valence-corrected chi connectivity index (χ3v) is 6.25. The van der Waals surface area contributed by atoms with Crippen molar-refractivity contribution in [2.24, 2.45) is 0 Å². The number of aromatic nitrogens is 4. The van der Waals surface area contributed by atoms with E-state index < -0.39 is 18.1 Å². The second kappa shape index (κ2) is 8.81. The van der Waals surface area contributed by atoms with E-state index in [1.807, 2.05) is 0 Å². The topological polar surface area (TPSA) is 115 Å². The molecule has 4 heterocycles. The maximum atomic E-state index is 13.6. The van der Waals surface area contributed by atoms with Gasteiger partial charge in [0.25, 0.3) is 11.5 Å². The van der Waals surface area contributed by atoms with Crippen molar-refractivity contribution in [3.63, 3.8) is 0 Å². The average Bonchev–Trinajstić information content (AvgIpc) is 3.27. The van der Waals surface area contributed by atoms with Gasteiger partial charge in [0.2, 0.25) is 0 Å². The van der Waals surface area contributed by atoms with E-state index in [2.05, 4.69) is 26.0 Å². The number of alkyl halides is 1. The summed E-state index contributed by atoms with van der Waals surface area (Å²) >= 11 is 0. The Bertz CT molecular complexity index is 1230. The Labute approximate surface area is 189 Å². The first kappa shape index (κ1) is 21.4. The molecule has 3 aromatic rings. The van der Waals surface area contributed by atoms with Gasteiger partial charge < -0.3 is 25.3 Å². The van der Waals surface area contributed by atoms with Crippen LogP contribution in [0.15, 0.2) is 35.4 Å². The molecule has 1 saturated carbocycles. The smallest absolute Gasteiger partial charge is 0.274 e. The lowest BCUT2D eigenvalue weighted by Crippen LogP contribution is -2.48. The summed E-state index contributed by atoms with van der Waals surface area (Å²) in [7, 11) is 1.72. The largest absolute Gasteiger partial charge is 0.379 e. The first-order valence-electron chi connectivity index (χ1n) is 11.1. The number of hydrogen-bond acceptors (Lipinski definition) is 7. The van der Waals surface area contributed by atoms with Crippen LogP contribution in [0, 0.1) is 0 Å². The lowest BCUT2D eigenvalue weighted by Gasteiger charge is -2.30. The molecule has 1 amide bonds. The minimum Gasteiger partial charge on any atom is -0.379 e. The minimum absolute atomic E-state index is 0.00715. The highest BCUT2D eigenvalue weighted by Gasteiger charge is 2.33. The zero-order valence-electron chi connectivity index (χ0n) is 18.3. The molecule has 1 saturated heterocycles. The van der Waals surface area contributed by atoms with Crippen molar-refractivity contribution in [1.29, 1.82) is 0 Å². The fourth-order valence-corrected chi connectivity index (χ4v) is 4.21. The van der Waals surface area contributed by atoms with Crippen LogP contribution in [0.1, 0.15) is 42.1 Å². The fourth-order valence-electron chi connectivity index (χ4n) is 4.21. The van der Waals surface area contributed by atoms with Gasteiger partial charge in [0.1, 0.15) is 29.1 Å². The van der Waals surface area contributed by atoms with Crippen LogP contribution >= 0.6 is 0 Å². The van der Waals surface area contributed by atoms with Crippen LogP contribution in [0.4, 0.5) is 21.7 Å². The number of amides is 1. The molecule has 3 aromatic heterocycles. The van der Waals surface area contributed by atoms with Gasteiger partial charge in [-0.1, -0.05) is 0 Å². The van der Waals surface area contributed by atoms with Crippen LogP contribution in [-0.2, 0) is 4.74 Å². The van der Waals surface area contributed by atoms with Crippen molar-refractivity contribution in [3.8, 4) is 0 Å². The van der Waals surface area contributed by atoms with Crippen molar-refractivity contribution in [2.75, 3.05) is 30.9 Å². The summed E-state index contributed by atoms with van der Waals surface area (Å²) in [5.41, 5.74) is 0.723. The van der Waals surface area contributed by atoms with E-state index in [0.717, 1.165) is 12.8 Å². The Morgan fingerprint density at radius 3 is 2.88 bits per heavy atom. The Kier molecular flexibility index (Phi) is 5.71. The molecule has 0 bridgehead atoms. The Morgan fingerprint density at radius 2 is 2.18 bits per heavy atom. The van der Waals surface area contributed by atoms with Crippen molar-refractivity contribution in [3.05, 3.63) is 46.5 Å². The summed E-state index contributed by atoms with van der Waals surface area (Å²) in [5.74, 6) is 0.525. The summed E-state index contributed by atoms with van der Waals surface area (Å²) < 4.78 is 22.3. The summed E-state index contributed by atoms with van der Waals surface area (Å²) in [6.07, 6.45) is 5.01. The Morgan fingerprint density at radius 1 is 1.30 bits per heavy atom. The molecule has 174 valence electrons. The maximum absolute atomic E-state index is 13.6. The van der Waals surface area contributed by atoms with Crippen LogP contribution < -0.4 is 21.5 Å². The molecule has 3 atom stereocenters.